The number of rotatable bonds is 4. The number of nitrogens with one attached hydrogen (secondary N) is 1. The SMILES string of the molecule is N/C(=N/O)C1(C(=O)NCc2ccncn2)CCCCCC1. The zero-order valence-electron chi connectivity index (χ0n) is 12.0. The zero-order valence-corrected chi connectivity index (χ0v) is 12.0. The Hall–Kier alpha value is -2.18. The maximum absolute atomic E-state index is 12.6. The fraction of sp³-hybridized carbons (Fsp3) is 0.571. The predicted octanol–water partition coefficient (Wildman–Crippen LogP) is 1.18. The Morgan fingerprint density at radius 1 is 1.38 bits per heavy atom. The van der Waals surface area contributed by atoms with Gasteiger partial charge in [0, 0.05) is 6.20 Å². The molecule has 7 nitrogen and oxygen atoms in total. The van der Waals surface area contributed by atoms with E-state index in [1.54, 1.807) is 12.3 Å². The molecular formula is C14H21N5O2. The Labute approximate surface area is 123 Å². The van der Waals surface area contributed by atoms with E-state index in [0.29, 0.717) is 19.4 Å². The number of amidine groups is 1. The summed E-state index contributed by atoms with van der Waals surface area (Å²) >= 11 is 0. The van der Waals surface area contributed by atoms with Gasteiger partial charge >= 0.3 is 0 Å². The second-order valence-corrected chi connectivity index (χ2v) is 5.36. The third-order valence-corrected chi connectivity index (χ3v) is 4.06. The third-order valence-electron chi connectivity index (χ3n) is 4.06. The molecule has 0 aromatic carbocycles. The van der Waals surface area contributed by atoms with E-state index < -0.39 is 5.41 Å². The van der Waals surface area contributed by atoms with Crippen LogP contribution in [0, 0.1) is 5.41 Å². The summed E-state index contributed by atoms with van der Waals surface area (Å²) in [7, 11) is 0. The highest BCUT2D eigenvalue weighted by molar-refractivity contribution is 6.06. The highest BCUT2D eigenvalue weighted by Crippen LogP contribution is 2.35. The van der Waals surface area contributed by atoms with Crippen LogP contribution in [0.4, 0.5) is 0 Å². The topological polar surface area (TPSA) is 113 Å². The molecule has 4 N–H and O–H groups in total. The molecule has 1 saturated carbocycles. The van der Waals surface area contributed by atoms with Crippen molar-refractivity contribution in [1.29, 1.82) is 0 Å². The van der Waals surface area contributed by atoms with Gasteiger partial charge in [0.25, 0.3) is 0 Å². The molecule has 1 fully saturated rings. The van der Waals surface area contributed by atoms with E-state index in [0.717, 1.165) is 31.4 Å². The first-order valence-corrected chi connectivity index (χ1v) is 7.20. The van der Waals surface area contributed by atoms with Crippen LogP contribution >= 0.6 is 0 Å². The molecule has 0 spiro atoms. The molecule has 1 aliphatic carbocycles. The van der Waals surface area contributed by atoms with E-state index in [1.165, 1.54) is 6.33 Å². The van der Waals surface area contributed by atoms with Crippen molar-refractivity contribution in [1.82, 2.24) is 15.3 Å². The average molecular weight is 291 g/mol. The van der Waals surface area contributed by atoms with Gasteiger partial charge in [-0.05, 0) is 18.9 Å². The second kappa shape index (κ2) is 7.01. The molecule has 1 heterocycles. The minimum atomic E-state index is -0.904. The first-order chi connectivity index (χ1) is 10.2. The van der Waals surface area contributed by atoms with Crippen LogP contribution in [-0.4, -0.2) is 26.9 Å². The lowest BCUT2D eigenvalue weighted by Gasteiger charge is -2.29. The maximum Gasteiger partial charge on any atom is 0.234 e. The molecule has 0 aliphatic heterocycles. The van der Waals surface area contributed by atoms with E-state index in [-0.39, 0.29) is 11.7 Å². The molecule has 114 valence electrons. The number of nitrogens with zero attached hydrogens (tertiary/aromatic N) is 3. The third kappa shape index (κ3) is 3.48. The first kappa shape index (κ1) is 15.2. The Morgan fingerprint density at radius 2 is 2.10 bits per heavy atom. The molecule has 1 aromatic heterocycles. The summed E-state index contributed by atoms with van der Waals surface area (Å²) in [6.07, 6.45) is 8.22. The molecule has 21 heavy (non-hydrogen) atoms. The van der Waals surface area contributed by atoms with Gasteiger partial charge in [-0.2, -0.15) is 0 Å². The van der Waals surface area contributed by atoms with Crippen LogP contribution in [-0.2, 0) is 11.3 Å². The van der Waals surface area contributed by atoms with Crippen molar-refractivity contribution in [2.45, 2.75) is 45.1 Å². The quantitative estimate of drug-likeness (QED) is 0.253. The predicted molar refractivity (Wildman–Crippen MR) is 77.4 cm³/mol. The number of amides is 1. The monoisotopic (exact) mass is 291 g/mol. The van der Waals surface area contributed by atoms with Gasteiger partial charge in [-0.25, -0.2) is 9.97 Å². The standard InChI is InChI=1S/C14H21N5O2/c15-12(19-21)14(6-3-1-2-4-7-14)13(20)17-9-11-5-8-16-10-18-11/h5,8,10,21H,1-4,6-7,9H2,(H2,15,19)(H,17,20). The number of nitrogens with two attached hydrogens (primary N) is 1. The summed E-state index contributed by atoms with van der Waals surface area (Å²) in [5.74, 6) is -0.192. The molecule has 0 saturated heterocycles. The highest BCUT2D eigenvalue weighted by atomic mass is 16.4. The number of carbonyl (C=O) groups is 1. The molecule has 0 unspecified atom stereocenters. The van der Waals surface area contributed by atoms with Crippen LogP contribution in [0.3, 0.4) is 0 Å². The van der Waals surface area contributed by atoms with Gasteiger partial charge in [0.05, 0.1) is 12.2 Å². The molecule has 0 atom stereocenters. The van der Waals surface area contributed by atoms with Crippen LogP contribution in [0.1, 0.15) is 44.2 Å². The fourth-order valence-electron chi connectivity index (χ4n) is 2.79. The summed E-state index contributed by atoms with van der Waals surface area (Å²) in [4.78, 5) is 20.5. The minimum Gasteiger partial charge on any atom is -0.409 e. The van der Waals surface area contributed by atoms with Gasteiger partial charge in [-0.1, -0.05) is 30.8 Å². The Bertz CT molecular complexity index is 495. The van der Waals surface area contributed by atoms with E-state index in [4.69, 9.17) is 10.9 Å². The summed E-state index contributed by atoms with van der Waals surface area (Å²) in [6, 6.07) is 1.74. The number of carbonyl (C=O) groups excluding carboxylic acids is 1. The number of oxime groups is 1. The lowest BCUT2D eigenvalue weighted by atomic mass is 9.78. The summed E-state index contributed by atoms with van der Waals surface area (Å²) in [6.45, 7) is 0.307. The summed E-state index contributed by atoms with van der Waals surface area (Å²) in [5.41, 5.74) is 5.65. The van der Waals surface area contributed by atoms with E-state index in [2.05, 4.69) is 20.4 Å². The van der Waals surface area contributed by atoms with Gasteiger partial charge in [0.2, 0.25) is 5.91 Å². The molecule has 7 heteroatoms. The van der Waals surface area contributed by atoms with E-state index in [9.17, 15) is 4.79 Å². The Morgan fingerprint density at radius 3 is 2.67 bits per heavy atom. The van der Waals surface area contributed by atoms with Crippen molar-refractivity contribution in [2.75, 3.05) is 0 Å². The van der Waals surface area contributed by atoms with Gasteiger partial charge < -0.3 is 16.3 Å². The van der Waals surface area contributed by atoms with Crippen molar-refractivity contribution in [2.24, 2.45) is 16.3 Å². The number of hydrogen-bond acceptors (Lipinski definition) is 5. The van der Waals surface area contributed by atoms with Crippen LogP contribution < -0.4 is 11.1 Å². The van der Waals surface area contributed by atoms with Gasteiger partial charge in [-0.3, -0.25) is 4.79 Å². The smallest absolute Gasteiger partial charge is 0.234 e. The van der Waals surface area contributed by atoms with E-state index >= 15 is 0 Å². The fourth-order valence-corrected chi connectivity index (χ4v) is 2.79. The van der Waals surface area contributed by atoms with Crippen LogP contribution in [0.25, 0.3) is 0 Å². The molecule has 0 bridgehead atoms. The second-order valence-electron chi connectivity index (χ2n) is 5.36. The number of hydrogen-bond donors (Lipinski definition) is 3. The summed E-state index contributed by atoms with van der Waals surface area (Å²) < 4.78 is 0. The van der Waals surface area contributed by atoms with E-state index in [1.807, 2.05) is 0 Å². The largest absolute Gasteiger partial charge is 0.409 e. The number of aromatic nitrogens is 2. The van der Waals surface area contributed by atoms with Crippen molar-refractivity contribution >= 4 is 11.7 Å². The van der Waals surface area contributed by atoms with Gasteiger partial charge in [-0.15, -0.1) is 0 Å². The first-order valence-electron chi connectivity index (χ1n) is 7.20. The van der Waals surface area contributed by atoms with Crippen molar-refractivity contribution in [3.63, 3.8) is 0 Å². The van der Waals surface area contributed by atoms with Gasteiger partial charge in [0.15, 0.2) is 5.84 Å². The molecule has 1 aliphatic rings. The molecule has 1 amide bonds. The van der Waals surface area contributed by atoms with Crippen LogP contribution in [0.15, 0.2) is 23.7 Å². The van der Waals surface area contributed by atoms with Crippen molar-refractivity contribution < 1.29 is 10.0 Å². The van der Waals surface area contributed by atoms with Crippen LogP contribution in [0.2, 0.25) is 0 Å². The molecule has 2 rings (SSSR count). The maximum atomic E-state index is 12.6. The van der Waals surface area contributed by atoms with Crippen molar-refractivity contribution in [3.8, 4) is 0 Å². The molecule has 1 aromatic rings. The summed E-state index contributed by atoms with van der Waals surface area (Å²) in [5, 5.41) is 15.0. The molecule has 0 radical (unpaired) electrons. The van der Waals surface area contributed by atoms with Crippen molar-refractivity contribution in [3.05, 3.63) is 24.3 Å². The van der Waals surface area contributed by atoms with Gasteiger partial charge in [0.1, 0.15) is 11.7 Å². The Balaban J connectivity index is 2.11. The Kier molecular flexibility index (Phi) is 5.08. The van der Waals surface area contributed by atoms with Crippen LogP contribution in [0.5, 0.6) is 0 Å². The highest BCUT2D eigenvalue weighted by Gasteiger charge is 2.42. The normalized spacial score (nSPS) is 18.8. The molecular weight excluding hydrogens is 270 g/mol. The lowest BCUT2D eigenvalue weighted by Crippen LogP contribution is -2.49. The lowest BCUT2D eigenvalue weighted by molar-refractivity contribution is -0.128. The minimum absolute atomic E-state index is 0.00425. The average Bonchev–Trinajstić information content (AvgIpc) is 2.79. The zero-order chi connectivity index (χ0) is 15.1.